The molecule has 25 heavy (non-hydrogen) atoms. The highest BCUT2D eigenvalue weighted by atomic mass is 35.5. The lowest BCUT2D eigenvalue weighted by atomic mass is 10.1. The molecule has 0 aliphatic rings. The Balaban J connectivity index is 1.65. The minimum atomic E-state index is -3.77. The van der Waals surface area contributed by atoms with E-state index in [0.29, 0.717) is 6.54 Å². The first-order valence-corrected chi connectivity index (χ1v) is 9.15. The Morgan fingerprint density at radius 3 is 2.48 bits per heavy atom. The van der Waals surface area contributed by atoms with Crippen LogP contribution in [0.25, 0.3) is 0 Å². The van der Waals surface area contributed by atoms with E-state index in [4.69, 9.17) is 11.6 Å². The summed E-state index contributed by atoms with van der Waals surface area (Å²) >= 11 is 5.63. The first kappa shape index (κ1) is 17.5. The van der Waals surface area contributed by atoms with E-state index in [1.807, 2.05) is 24.3 Å². The van der Waals surface area contributed by atoms with Crippen LogP contribution in [0.1, 0.15) is 11.1 Å². The summed E-state index contributed by atoms with van der Waals surface area (Å²) < 4.78 is 41.8. The zero-order valence-electron chi connectivity index (χ0n) is 12.9. The lowest BCUT2D eigenvalue weighted by Crippen LogP contribution is -2.23. The van der Waals surface area contributed by atoms with Crippen LogP contribution < -0.4 is 4.72 Å². The SMILES string of the molecule is O=S(=O)(NCc1ccc(Cn2cncn2)cc1)c1ccc(F)c(Cl)c1. The van der Waals surface area contributed by atoms with Crippen molar-refractivity contribution in [1.82, 2.24) is 19.5 Å². The fourth-order valence-corrected chi connectivity index (χ4v) is 3.46. The first-order chi connectivity index (χ1) is 11.9. The molecule has 0 fully saturated rings. The van der Waals surface area contributed by atoms with Gasteiger partial charge in [0.25, 0.3) is 0 Å². The summed E-state index contributed by atoms with van der Waals surface area (Å²) in [4.78, 5) is 3.79. The number of aromatic nitrogens is 3. The second-order valence-electron chi connectivity index (χ2n) is 5.31. The summed E-state index contributed by atoms with van der Waals surface area (Å²) in [6, 6.07) is 10.7. The van der Waals surface area contributed by atoms with Crippen LogP contribution in [0.5, 0.6) is 0 Å². The van der Waals surface area contributed by atoms with E-state index < -0.39 is 15.8 Å². The fourth-order valence-electron chi connectivity index (χ4n) is 2.17. The summed E-state index contributed by atoms with van der Waals surface area (Å²) in [5.74, 6) is -0.663. The van der Waals surface area contributed by atoms with Crippen LogP contribution >= 0.6 is 11.6 Å². The average molecular weight is 381 g/mol. The number of nitrogens with zero attached hydrogens (tertiary/aromatic N) is 3. The number of hydrogen-bond acceptors (Lipinski definition) is 4. The van der Waals surface area contributed by atoms with Crippen molar-refractivity contribution < 1.29 is 12.8 Å². The van der Waals surface area contributed by atoms with Gasteiger partial charge in [0, 0.05) is 6.54 Å². The molecule has 0 bridgehead atoms. The molecular formula is C16H14ClFN4O2S. The molecule has 0 saturated heterocycles. The van der Waals surface area contributed by atoms with Crippen LogP contribution in [-0.2, 0) is 23.1 Å². The Morgan fingerprint density at radius 2 is 1.84 bits per heavy atom. The topological polar surface area (TPSA) is 76.9 Å². The quantitative estimate of drug-likeness (QED) is 0.713. The van der Waals surface area contributed by atoms with Crippen LogP contribution in [0, 0.1) is 5.82 Å². The monoisotopic (exact) mass is 380 g/mol. The second-order valence-corrected chi connectivity index (χ2v) is 7.48. The van der Waals surface area contributed by atoms with Gasteiger partial charge < -0.3 is 0 Å². The average Bonchev–Trinajstić information content (AvgIpc) is 3.10. The zero-order chi connectivity index (χ0) is 17.9. The van der Waals surface area contributed by atoms with E-state index in [0.717, 1.165) is 23.3 Å². The maximum atomic E-state index is 13.2. The fraction of sp³-hybridized carbons (Fsp3) is 0.125. The van der Waals surface area contributed by atoms with Crippen molar-refractivity contribution in [1.29, 1.82) is 0 Å². The van der Waals surface area contributed by atoms with E-state index in [1.165, 1.54) is 12.4 Å². The number of hydrogen-bond donors (Lipinski definition) is 1. The predicted octanol–water partition coefficient (Wildman–Crippen LogP) is 2.60. The smallest absolute Gasteiger partial charge is 0.240 e. The Hall–Kier alpha value is -2.29. The Labute approximate surface area is 149 Å². The van der Waals surface area contributed by atoms with Gasteiger partial charge in [-0.15, -0.1) is 0 Å². The highest BCUT2D eigenvalue weighted by Crippen LogP contribution is 2.19. The van der Waals surface area contributed by atoms with Gasteiger partial charge in [-0.05, 0) is 29.3 Å². The number of sulfonamides is 1. The molecule has 0 aliphatic heterocycles. The van der Waals surface area contributed by atoms with E-state index in [9.17, 15) is 12.8 Å². The van der Waals surface area contributed by atoms with Gasteiger partial charge in [-0.25, -0.2) is 27.2 Å². The summed E-state index contributed by atoms with van der Waals surface area (Å²) in [5.41, 5.74) is 1.81. The molecule has 0 amide bonds. The van der Waals surface area contributed by atoms with Crippen molar-refractivity contribution in [2.75, 3.05) is 0 Å². The van der Waals surface area contributed by atoms with Crippen LogP contribution in [0.2, 0.25) is 5.02 Å². The minimum absolute atomic E-state index is 0.0818. The zero-order valence-corrected chi connectivity index (χ0v) is 14.5. The van der Waals surface area contributed by atoms with Crippen molar-refractivity contribution in [2.24, 2.45) is 0 Å². The predicted molar refractivity (Wildman–Crippen MR) is 91.0 cm³/mol. The van der Waals surface area contributed by atoms with Gasteiger partial charge in [-0.1, -0.05) is 35.9 Å². The normalized spacial score (nSPS) is 11.6. The van der Waals surface area contributed by atoms with Crippen LogP contribution in [0.15, 0.2) is 60.0 Å². The minimum Gasteiger partial charge on any atom is -0.249 e. The molecule has 2 aromatic carbocycles. The summed E-state index contributed by atoms with van der Waals surface area (Å²) in [7, 11) is -3.77. The standard InChI is InChI=1S/C16H14ClFN4O2S/c17-15-7-14(5-6-16(15)18)25(23,24)21-8-12-1-3-13(4-2-12)9-22-11-19-10-20-22/h1-7,10-11,21H,8-9H2. The van der Waals surface area contributed by atoms with Gasteiger partial charge in [0.05, 0.1) is 16.5 Å². The third-order valence-corrected chi connectivity index (χ3v) is 5.19. The van der Waals surface area contributed by atoms with Crippen molar-refractivity contribution in [2.45, 2.75) is 18.0 Å². The lowest BCUT2D eigenvalue weighted by molar-refractivity contribution is 0.580. The summed E-state index contributed by atoms with van der Waals surface area (Å²) in [6.45, 7) is 0.695. The van der Waals surface area contributed by atoms with Crippen molar-refractivity contribution >= 4 is 21.6 Å². The molecule has 130 valence electrons. The van der Waals surface area contributed by atoms with Gasteiger partial charge >= 0.3 is 0 Å². The molecule has 1 heterocycles. The molecule has 3 rings (SSSR count). The van der Waals surface area contributed by atoms with Crippen molar-refractivity contribution in [3.63, 3.8) is 0 Å². The van der Waals surface area contributed by atoms with E-state index in [1.54, 1.807) is 11.0 Å². The maximum Gasteiger partial charge on any atom is 0.240 e. The Kier molecular flexibility index (Phi) is 5.12. The molecule has 9 heteroatoms. The highest BCUT2D eigenvalue weighted by molar-refractivity contribution is 7.89. The molecule has 1 aromatic heterocycles. The molecule has 0 aliphatic carbocycles. The largest absolute Gasteiger partial charge is 0.249 e. The van der Waals surface area contributed by atoms with Crippen LogP contribution in [0.3, 0.4) is 0 Å². The van der Waals surface area contributed by atoms with Gasteiger partial charge in [0.2, 0.25) is 10.0 Å². The van der Waals surface area contributed by atoms with Crippen molar-refractivity contribution in [3.8, 4) is 0 Å². The summed E-state index contributed by atoms with van der Waals surface area (Å²) in [5, 5.41) is 3.79. The highest BCUT2D eigenvalue weighted by Gasteiger charge is 2.15. The number of rotatable bonds is 6. The van der Waals surface area contributed by atoms with E-state index in [-0.39, 0.29) is 16.5 Å². The molecule has 0 radical (unpaired) electrons. The molecule has 0 spiro atoms. The van der Waals surface area contributed by atoms with Gasteiger partial charge in [0.15, 0.2) is 0 Å². The van der Waals surface area contributed by atoms with Gasteiger partial charge in [0.1, 0.15) is 18.5 Å². The van der Waals surface area contributed by atoms with Crippen LogP contribution in [0.4, 0.5) is 4.39 Å². The first-order valence-electron chi connectivity index (χ1n) is 7.29. The molecule has 0 atom stereocenters. The van der Waals surface area contributed by atoms with Crippen molar-refractivity contribution in [3.05, 3.63) is 77.1 Å². The number of benzene rings is 2. The summed E-state index contributed by atoms with van der Waals surface area (Å²) in [6.07, 6.45) is 3.08. The lowest BCUT2D eigenvalue weighted by Gasteiger charge is -2.08. The molecular weight excluding hydrogens is 367 g/mol. The van der Waals surface area contributed by atoms with E-state index in [2.05, 4.69) is 14.8 Å². The Morgan fingerprint density at radius 1 is 1.12 bits per heavy atom. The maximum absolute atomic E-state index is 13.2. The molecule has 3 aromatic rings. The molecule has 0 saturated carbocycles. The number of halogens is 2. The van der Waals surface area contributed by atoms with Crippen LogP contribution in [-0.4, -0.2) is 23.2 Å². The molecule has 1 N–H and O–H groups in total. The third-order valence-electron chi connectivity index (χ3n) is 3.50. The Bertz CT molecular complexity index is 960. The van der Waals surface area contributed by atoms with E-state index >= 15 is 0 Å². The van der Waals surface area contributed by atoms with Gasteiger partial charge in [-0.3, -0.25) is 0 Å². The molecule has 0 unspecified atom stereocenters. The van der Waals surface area contributed by atoms with Gasteiger partial charge in [-0.2, -0.15) is 5.10 Å². The third kappa shape index (κ3) is 4.41. The second kappa shape index (κ2) is 7.30. The molecule has 6 nitrogen and oxygen atoms in total. The number of nitrogens with one attached hydrogen (secondary N) is 1.